The summed E-state index contributed by atoms with van der Waals surface area (Å²) in [5.41, 5.74) is 1.51. The highest BCUT2D eigenvalue weighted by atomic mass is 35.5. The molecule has 42 heavy (non-hydrogen) atoms. The van der Waals surface area contributed by atoms with Crippen LogP contribution in [0.3, 0.4) is 0 Å². The van der Waals surface area contributed by atoms with E-state index in [0.29, 0.717) is 5.56 Å². The van der Waals surface area contributed by atoms with Crippen LogP contribution >= 0.6 is 11.6 Å². The van der Waals surface area contributed by atoms with Gasteiger partial charge in [-0.15, -0.1) is 0 Å². The van der Waals surface area contributed by atoms with Crippen molar-refractivity contribution in [3.05, 3.63) is 94.8 Å². The Morgan fingerprint density at radius 3 is 2.31 bits per heavy atom. The lowest BCUT2D eigenvalue weighted by Gasteiger charge is -2.34. The number of halogens is 2. The molecule has 3 aromatic carbocycles. The summed E-state index contributed by atoms with van der Waals surface area (Å²) in [5.74, 6) is -1.17. The van der Waals surface area contributed by atoms with Crippen molar-refractivity contribution in [2.45, 2.75) is 50.7 Å². The molecule has 0 unspecified atom stereocenters. The molecule has 1 N–H and O–H groups in total. The predicted molar refractivity (Wildman–Crippen MR) is 161 cm³/mol. The van der Waals surface area contributed by atoms with Crippen molar-refractivity contribution in [3.8, 4) is 5.75 Å². The van der Waals surface area contributed by atoms with E-state index in [2.05, 4.69) is 5.32 Å². The number of rotatable bonds is 12. The zero-order valence-corrected chi connectivity index (χ0v) is 25.2. The van der Waals surface area contributed by atoms with Gasteiger partial charge < -0.3 is 15.0 Å². The number of anilines is 1. The third-order valence-electron chi connectivity index (χ3n) is 7.33. The molecule has 11 heteroatoms. The summed E-state index contributed by atoms with van der Waals surface area (Å²) in [5, 5.41) is 3.37. The number of benzene rings is 3. The fourth-order valence-electron chi connectivity index (χ4n) is 5.16. The second-order valence-electron chi connectivity index (χ2n) is 10.4. The molecule has 0 aliphatic heterocycles. The third-order valence-corrected chi connectivity index (χ3v) is 8.69. The second-order valence-corrected chi connectivity index (χ2v) is 12.8. The van der Waals surface area contributed by atoms with E-state index < -0.39 is 34.3 Å². The third kappa shape index (κ3) is 8.23. The standard InChI is InChI=1S/C31H35ClFN3O5S/c1-41-29-17-14-24(32)19-27(29)36(42(2,39)40)21-30(37)35(20-23-12-15-25(33)16-13-23)28(18-22-8-4-3-5-9-22)31(38)34-26-10-6-7-11-26/h3-5,8-9,12-17,19,26,28H,6-7,10-11,18,20-21H2,1-2H3,(H,34,38)/t28-/m0/s1. The molecule has 1 aliphatic carbocycles. The van der Waals surface area contributed by atoms with E-state index >= 15 is 0 Å². The minimum atomic E-state index is -4.00. The summed E-state index contributed by atoms with van der Waals surface area (Å²) in [7, 11) is -2.61. The van der Waals surface area contributed by atoms with Crippen molar-refractivity contribution in [3.63, 3.8) is 0 Å². The number of hydrogen-bond donors (Lipinski definition) is 1. The summed E-state index contributed by atoms with van der Waals surface area (Å²) < 4.78 is 46.1. The van der Waals surface area contributed by atoms with Gasteiger partial charge in [0.2, 0.25) is 21.8 Å². The number of sulfonamides is 1. The molecular weight excluding hydrogens is 581 g/mol. The highest BCUT2D eigenvalue weighted by Gasteiger charge is 2.35. The van der Waals surface area contributed by atoms with Crippen molar-refractivity contribution < 1.29 is 27.1 Å². The molecular formula is C31H35ClFN3O5S. The maximum absolute atomic E-state index is 14.2. The minimum Gasteiger partial charge on any atom is -0.495 e. The van der Waals surface area contributed by atoms with Crippen molar-refractivity contribution >= 4 is 39.1 Å². The smallest absolute Gasteiger partial charge is 0.244 e. The predicted octanol–water partition coefficient (Wildman–Crippen LogP) is 4.95. The molecule has 0 heterocycles. The van der Waals surface area contributed by atoms with Crippen molar-refractivity contribution in [2.24, 2.45) is 0 Å². The Labute approximate surface area is 251 Å². The van der Waals surface area contributed by atoms with Crippen LogP contribution in [0.4, 0.5) is 10.1 Å². The molecule has 0 bridgehead atoms. The summed E-state index contributed by atoms with van der Waals surface area (Å²) in [6.45, 7) is -0.655. The highest BCUT2D eigenvalue weighted by Crippen LogP contribution is 2.33. The molecule has 2 amide bonds. The number of methoxy groups -OCH3 is 1. The molecule has 1 aliphatic rings. The van der Waals surface area contributed by atoms with E-state index in [0.717, 1.165) is 41.8 Å². The zero-order valence-electron chi connectivity index (χ0n) is 23.6. The maximum atomic E-state index is 14.2. The molecule has 0 radical (unpaired) electrons. The van der Waals surface area contributed by atoms with Crippen molar-refractivity contribution in [1.29, 1.82) is 0 Å². The molecule has 0 spiro atoms. The lowest BCUT2D eigenvalue weighted by molar-refractivity contribution is -0.140. The minimum absolute atomic E-state index is 0.00165. The Kier molecular flexibility index (Phi) is 10.5. The van der Waals surface area contributed by atoms with Crippen LogP contribution in [0.5, 0.6) is 5.75 Å². The molecule has 0 aromatic heterocycles. The Balaban J connectivity index is 1.75. The van der Waals surface area contributed by atoms with Gasteiger partial charge in [-0.05, 0) is 54.3 Å². The van der Waals surface area contributed by atoms with Crippen LogP contribution in [0.25, 0.3) is 0 Å². The van der Waals surface area contributed by atoms with Gasteiger partial charge in [0.15, 0.2) is 0 Å². The lowest BCUT2D eigenvalue weighted by atomic mass is 10.0. The van der Waals surface area contributed by atoms with Gasteiger partial charge in [-0.2, -0.15) is 0 Å². The van der Waals surface area contributed by atoms with E-state index in [1.54, 1.807) is 18.2 Å². The van der Waals surface area contributed by atoms with Crippen LogP contribution in [-0.2, 0) is 32.6 Å². The van der Waals surface area contributed by atoms with E-state index in [1.807, 2.05) is 30.3 Å². The van der Waals surface area contributed by atoms with E-state index in [9.17, 15) is 22.4 Å². The van der Waals surface area contributed by atoms with Crippen molar-refractivity contribution in [1.82, 2.24) is 10.2 Å². The number of nitrogens with zero attached hydrogens (tertiary/aromatic N) is 2. The van der Waals surface area contributed by atoms with Gasteiger partial charge in [0.1, 0.15) is 24.2 Å². The zero-order chi connectivity index (χ0) is 30.3. The van der Waals surface area contributed by atoms with Gasteiger partial charge in [-0.3, -0.25) is 13.9 Å². The van der Waals surface area contributed by atoms with Crippen LogP contribution in [0.2, 0.25) is 5.02 Å². The van der Waals surface area contributed by atoms with Gasteiger partial charge in [0.25, 0.3) is 0 Å². The Bertz CT molecular complexity index is 1480. The monoisotopic (exact) mass is 615 g/mol. The number of amides is 2. The van der Waals surface area contributed by atoms with Crippen LogP contribution in [-0.4, -0.2) is 57.1 Å². The number of hydrogen-bond acceptors (Lipinski definition) is 5. The molecule has 3 aromatic rings. The first kappa shape index (κ1) is 31.3. The van der Waals surface area contributed by atoms with Gasteiger partial charge in [-0.25, -0.2) is 12.8 Å². The second kappa shape index (κ2) is 14.0. The number of carbonyl (C=O) groups is 2. The normalized spacial score (nSPS) is 14.3. The first-order valence-corrected chi connectivity index (χ1v) is 16.0. The molecule has 4 rings (SSSR count). The maximum Gasteiger partial charge on any atom is 0.244 e. The van der Waals surface area contributed by atoms with Gasteiger partial charge in [0, 0.05) is 24.0 Å². The van der Waals surface area contributed by atoms with Crippen LogP contribution < -0.4 is 14.4 Å². The first-order chi connectivity index (χ1) is 20.0. The van der Waals surface area contributed by atoms with Crippen LogP contribution in [0.15, 0.2) is 72.8 Å². The van der Waals surface area contributed by atoms with Crippen molar-refractivity contribution in [2.75, 3.05) is 24.2 Å². The summed E-state index contributed by atoms with van der Waals surface area (Å²) in [6.07, 6.45) is 4.91. The molecule has 1 atom stereocenters. The molecule has 224 valence electrons. The lowest BCUT2D eigenvalue weighted by Crippen LogP contribution is -2.54. The fourth-order valence-corrected chi connectivity index (χ4v) is 6.17. The Hall–Kier alpha value is -3.63. The quantitative estimate of drug-likeness (QED) is 0.311. The van der Waals surface area contributed by atoms with E-state index in [4.69, 9.17) is 16.3 Å². The number of ether oxygens (including phenoxy) is 1. The van der Waals surface area contributed by atoms with E-state index in [1.165, 1.54) is 36.3 Å². The van der Waals surface area contributed by atoms with Crippen LogP contribution in [0.1, 0.15) is 36.8 Å². The molecule has 1 saturated carbocycles. The van der Waals surface area contributed by atoms with E-state index in [-0.39, 0.29) is 41.4 Å². The molecule has 0 saturated heterocycles. The van der Waals surface area contributed by atoms with Crippen LogP contribution in [0, 0.1) is 5.82 Å². The summed E-state index contributed by atoms with van der Waals surface area (Å²) in [4.78, 5) is 29.4. The molecule has 8 nitrogen and oxygen atoms in total. The Morgan fingerprint density at radius 1 is 1.02 bits per heavy atom. The number of carbonyl (C=O) groups excluding carboxylic acids is 2. The Morgan fingerprint density at radius 2 is 1.69 bits per heavy atom. The number of nitrogens with one attached hydrogen (secondary N) is 1. The average Bonchev–Trinajstić information content (AvgIpc) is 3.47. The topological polar surface area (TPSA) is 96.0 Å². The SMILES string of the molecule is COc1ccc(Cl)cc1N(CC(=O)N(Cc1ccc(F)cc1)[C@@H](Cc1ccccc1)C(=O)NC1CCCC1)S(C)(=O)=O. The summed E-state index contributed by atoms with van der Waals surface area (Å²) >= 11 is 6.19. The molecule has 1 fully saturated rings. The highest BCUT2D eigenvalue weighted by molar-refractivity contribution is 7.92. The largest absolute Gasteiger partial charge is 0.495 e. The first-order valence-electron chi connectivity index (χ1n) is 13.7. The summed E-state index contributed by atoms with van der Waals surface area (Å²) in [6, 6.07) is 18.5. The fraction of sp³-hybridized carbons (Fsp3) is 0.355. The van der Waals surface area contributed by atoms with Gasteiger partial charge in [0.05, 0.1) is 19.1 Å². The van der Waals surface area contributed by atoms with Gasteiger partial charge >= 0.3 is 0 Å². The van der Waals surface area contributed by atoms with Gasteiger partial charge in [-0.1, -0.05) is 66.9 Å². The average molecular weight is 616 g/mol.